The van der Waals surface area contributed by atoms with Crippen molar-refractivity contribution in [3.05, 3.63) is 78.0 Å². The summed E-state index contributed by atoms with van der Waals surface area (Å²) in [5, 5.41) is 2.33. The third-order valence-corrected chi connectivity index (χ3v) is 5.32. The van der Waals surface area contributed by atoms with E-state index in [1.54, 1.807) is 0 Å². The number of amides is 1. The predicted octanol–water partition coefficient (Wildman–Crippen LogP) is 3.29. The van der Waals surface area contributed by atoms with Crippen molar-refractivity contribution in [3.63, 3.8) is 0 Å². The molecular formula is C20H17F2N3O4S. The number of benzene rings is 2. The molecule has 0 atom stereocenters. The fourth-order valence-electron chi connectivity index (χ4n) is 2.56. The molecule has 3 aromatic rings. The van der Waals surface area contributed by atoms with Crippen LogP contribution in [0.3, 0.4) is 0 Å². The van der Waals surface area contributed by atoms with E-state index in [0.717, 1.165) is 18.2 Å². The first-order valence-electron chi connectivity index (χ1n) is 8.64. The van der Waals surface area contributed by atoms with E-state index in [-0.39, 0.29) is 23.0 Å². The maximum atomic E-state index is 14.3. The van der Waals surface area contributed by atoms with E-state index < -0.39 is 38.9 Å². The van der Waals surface area contributed by atoms with Crippen molar-refractivity contribution in [1.29, 1.82) is 0 Å². The lowest BCUT2D eigenvalue weighted by atomic mass is 10.2. The summed E-state index contributed by atoms with van der Waals surface area (Å²) < 4.78 is 56.9. The lowest BCUT2D eigenvalue weighted by molar-refractivity contribution is -0.113. The van der Waals surface area contributed by atoms with Crippen molar-refractivity contribution in [2.45, 2.75) is 5.75 Å². The normalized spacial score (nSPS) is 11.1. The van der Waals surface area contributed by atoms with Gasteiger partial charge in [0.1, 0.15) is 23.1 Å². The number of anilines is 2. The number of ether oxygens (including phenoxy) is 1. The minimum Gasteiger partial charge on any atom is -0.454 e. The Morgan fingerprint density at radius 3 is 2.47 bits per heavy atom. The van der Waals surface area contributed by atoms with Gasteiger partial charge in [0, 0.05) is 24.0 Å². The van der Waals surface area contributed by atoms with Gasteiger partial charge in [-0.05, 0) is 35.9 Å². The molecule has 0 bridgehead atoms. The van der Waals surface area contributed by atoms with E-state index in [2.05, 4.69) is 10.3 Å². The molecule has 0 aliphatic heterocycles. The average Bonchev–Trinajstić information content (AvgIpc) is 2.65. The Kier molecular flexibility index (Phi) is 6.26. The highest BCUT2D eigenvalue weighted by atomic mass is 32.2. The highest BCUT2D eigenvalue weighted by Crippen LogP contribution is 2.27. The van der Waals surface area contributed by atoms with Gasteiger partial charge in [-0.2, -0.15) is 0 Å². The maximum absolute atomic E-state index is 14.3. The number of nitrogens with two attached hydrogens (primary N) is 1. The third-order valence-electron chi connectivity index (χ3n) is 3.85. The molecule has 0 aliphatic carbocycles. The molecule has 0 spiro atoms. The van der Waals surface area contributed by atoms with Crippen LogP contribution in [0.2, 0.25) is 0 Å². The number of carbonyl (C=O) groups excluding carboxylic acids is 1. The SMILES string of the molecule is Nc1cc(Oc2ccc(NC(=O)CS(=O)(=O)Cc3ccc(F)cc3)cc2F)ccn1. The molecule has 0 fully saturated rings. The minimum absolute atomic E-state index is 0.0658. The molecule has 0 aliphatic rings. The number of sulfone groups is 1. The Morgan fingerprint density at radius 1 is 1.07 bits per heavy atom. The quantitative estimate of drug-likeness (QED) is 0.592. The maximum Gasteiger partial charge on any atom is 0.239 e. The van der Waals surface area contributed by atoms with E-state index in [9.17, 15) is 22.0 Å². The molecule has 0 saturated heterocycles. The summed E-state index contributed by atoms with van der Waals surface area (Å²) in [6, 6.07) is 11.5. The zero-order valence-corrected chi connectivity index (χ0v) is 16.3. The van der Waals surface area contributed by atoms with Gasteiger partial charge in [-0.1, -0.05) is 12.1 Å². The largest absolute Gasteiger partial charge is 0.454 e. The highest BCUT2D eigenvalue weighted by molar-refractivity contribution is 7.91. The van der Waals surface area contributed by atoms with Crippen LogP contribution >= 0.6 is 0 Å². The van der Waals surface area contributed by atoms with Gasteiger partial charge in [0.05, 0.1) is 5.75 Å². The molecule has 1 amide bonds. The molecule has 2 aromatic carbocycles. The summed E-state index contributed by atoms with van der Waals surface area (Å²) in [6.45, 7) is 0. The number of hydrogen-bond donors (Lipinski definition) is 2. The molecule has 0 saturated carbocycles. The minimum atomic E-state index is -3.80. The second kappa shape index (κ2) is 8.87. The summed E-state index contributed by atoms with van der Waals surface area (Å²) in [7, 11) is -3.80. The Balaban J connectivity index is 1.62. The van der Waals surface area contributed by atoms with Gasteiger partial charge in [-0.3, -0.25) is 4.79 Å². The van der Waals surface area contributed by atoms with Gasteiger partial charge in [-0.25, -0.2) is 22.2 Å². The van der Waals surface area contributed by atoms with E-state index in [0.29, 0.717) is 5.56 Å². The fourth-order valence-corrected chi connectivity index (χ4v) is 3.84. The first-order valence-corrected chi connectivity index (χ1v) is 10.5. The predicted molar refractivity (Wildman–Crippen MR) is 108 cm³/mol. The second-order valence-corrected chi connectivity index (χ2v) is 8.44. The average molecular weight is 433 g/mol. The smallest absolute Gasteiger partial charge is 0.239 e. The Hall–Kier alpha value is -3.53. The van der Waals surface area contributed by atoms with E-state index in [1.807, 2.05) is 0 Å². The third kappa shape index (κ3) is 5.98. The van der Waals surface area contributed by atoms with E-state index in [4.69, 9.17) is 10.5 Å². The number of nitrogen functional groups attached to an aromatic ring is 1. The standard InChI is InChI=1S/C20H17F2N3O4S/c21-14-3-1-13(2-4-14)11-30(27,28)12-20(26)25-15-5-6-18(17(22)9-15)29-16-7-8-24-19(23)10-16/h1-10H,11-12H2,(H2,23,24)(H,25,26). The van der Waals surface area contributed by atoms with Crippen LogP contribution < -0.4 is 15.8 Å². The van der Waals surface area contributed by atoms with Gasteiger partial charge < -0.3 is 15.8 Å². The van der Waals surface area contributed by atoms with Crippen molar-refractivity contribution in [1.82, 2.24) is 4.98 Å². The molecule has 156 valence electrons. The number of halogens is 2. The molecule has 1 aromatic heterocycles. The number of hydrogen-bond acceptors (Lipinski definition) is 6. The lowest BCUT2D eigenvalue weighted by Gasteiger charge is -2.10. The van der Waals surface area contributed by atoms with Gasteiger partial charge in [0.25, 0.3) is 0 Å². The molecular weight excluding hydrogens is 416 g/mol. The van der Waals surface area contributed by atoms with Crippen LogP contribution in [-0.2, 0) is 20.4 Å². The first-order chi connectivity index (χ1) is 14.2. The number of nitrogens with one attached hydrogen (secondary N) is 1. The lowest BCUT2D eigenvalue weighted by Crippen LogP contribution is -2.24. The van der Waals surface area contributed by atoms with Crippen LogP contribution in [0.25, 0.3) is 0 Å². The van der Waals surface area contributed by atoms with Gasteiger partial charge >= 0.3 is 0 Å². The monoisotopic (exact) mass is 433 g/mol. The van der Waals surface area contributed by atoms with Crippen molar-refractivity contribution in [3.8, 4) is 11.5 Å². The number of rotatable bonds is 7. The Morgan fingerprint density at radius 2 is 1.80 bits per heavy atom. The summed E-state index contributed by atoms with van der Waals surface area (Å²) in [6.07, 6.45) is 1.41. The van der Waals surface area contributed by atoms with Crippen LogP contribution in [0.5, 0.6) is 11.5 Å². The number of pyridine rings is 1. The zero-order chi connectivity index (χ0) is 21.7. The van der Waals surface area contributed by atoms with Crippen LogP contribution in [0.4, 0.5) is 20.3 Å². The number of nitrogens with zero attached hydrogens (tertiary/aromatic N) is 1. The van der Waals surface area contributed by atoms with E-state index in [1.165, 1.54) is 42.6 Å². The van der Waals surface area contributed by atoms with Crippen LogP contribution in [0.1, 0.15) is 5.56 Å². The fraction of sp³-hybridized carbons (Fsp3) is 0.100. The topological polar surface area (TPSA) is 111 Å². The Labute approximate surface area is 171 Å². The van der Waals surface area contributed by atoms with Crippen molar-refractivity contribution in [2.24, 2.45) is 0 Å². The summed E-state index contributed by atoms with van der Waals surface area (Å²) in [5.74, 6) is -2.93. The molecule has 10 heteroatoms. The van der Waals surface area contributed by atoms with Gasteiger partial charge in [-0.15, -0.1) is 0 Å². The van der Waals surface area contributed by atoms with Crippen LogP contribution in [0.15, 0.2) is 60.8 Å². The molecule has 30 heavy (non-hydrogen) atoms. The molecule has 3 rings (SSSR count). The molecule has 0 unspecified atom stereocenters. The van der Waals surface area contributed by atoms with Crippen molar-refractivity contribution in [2.75, 3.05) is 16.8 Å². The van der Waals surface area contributed by atoms with E-state index >= 15 is 0 Å². The van der Waals surface area contributed by atoms with Gasteiger partial charge in [0.2, 0.25) is 5.91 Å². The van der Waals surface area contributed by atoms with Gasteiger partial charge in [0.15, 0.2) is 21.4 Å². The first kappa shape index (κ1) is 21.2. The zero-order valence-electron chi connectivity index (χ0n) is 15.5. The Bertz CT molecular complexity index is 1170. The van der Waals surface area contributed by atoms with Crippen molar-refractivity contribution >= 4 is 27.2 Å². The molecule has 3 N–H and O–H groups in total. The summed E-state index contributed by atoms with van der Waals surface area (Å²) in [5.41, 5.74) is 5.96. The summed E-state index contributed by atoms with van der Waals surface area (Å²) >= 11 is 0. The van der Waals surface area contributed by atoms with Crippen LogP contribution in [-0.4, -0.2) is 25.1 Å². The van der Waals surface area contributed by atoms with Crippen LogP contribution in [0, 0.1) is 11.6 Å². The summed E-state index contributed by atoms with van der Waals surface area (Å²) in [4.78, 5) is 15.9. The van der Waals surface area contributed by atoms with Crippen molar-refractivity contribution < 1.29 is 26.7 Å². The second-order valence-electron chi connectivity index (χ2n) is 6.37. The number of carbonyl (C=O) groups is 1. The number of aromatic nitrogens is 1. The molecule has 1 heterocycles. The highest BCUT2D eigenvalue weighted by Gasteiger charge is 2.18. The molecule has 0 radical (unpaired) electrons. The molecule has 7 nitrogen and oxygen atoms in total.